The third-order valence-electron chi connectivity index (χ3n) is 6.87. The number of carbonyl (C=O) groups is 2. The number of hydrogen-bond acceptors (Lipinski definition) is 8. The Bertz CT molecular complexity index is 1140. The van der Waals surface area contributed by atoms with Crippen LogP contribution >= 0.6 is 11.3 Å². The summed E-state index contributed by atoms with van der Waals surface area (Å²) >= 11 is 1.63. The molecule has 2 atom stereocenters. The number of ether oxygens (including phenoxy) is 2. The largest absolute Gasteiger partial charge is 0.474 e. The van der Waals surface area contributed by atoms with Crippen molar-refractivity contribution >= 4 is 33.6 Å². The van der Waals surface area contributed by atoms with Crippen LogP contribution in [0.2, 0.25) is 0 Å². The van der Waals surface area contributed by atoms with Gasteiger partial charge < -0.3 is 20.1 Å². The summed E-state index contributed by atoms with van der Waals surface area (Å²) in [5.41, 5.74) is 6.02. The summed E-state index contributed by atoms with van der Waals surface area (Å²) in [6.07, 6.45) is 6.63. The van der Waals surface area contributed by atoms with Crippen LogP contribution in [-0.2, 0) is 16.0 Å². The molecule has 1 fully saturated rings. The molecule has 4 rings (SSSR count). The number of nitrogens with two attached hydrogens (primary N) is 1. The van der Waals surface area contributed by atoms with Gasteiger partial charge in [0.15, 0.2) is 0 Å². The summed E-state index contributed by atoms with van der Waals surface area (Å²) in [6, 6.07) is 2.16. The predicted molar refractivity (Wildman–Crippen MR) is 132 cm³/mol. The Morgan fingerprint density at radius 1 is 1.26 bits per heavy atom. The quantitative estimate of drug-likeness (QED) is 0.627. The molecule has 188 valence electrons. The Labute approximate surface area is 209 Å². The van der Waals surface area contributed by atoms with Gasteiger partial charge in [-0.15, -0.1) is 11.3 Å². The van der Waals surface area contributed by atoms with Crippen LogP contribution < -0.4 is 10.5 Å². The fourth-order valence-electron chi connectivity index (χ4n) is 5.07. The minimum atomic E-state index is -0.813. The molecule has 2 heterocycles. The first-order valence-corrected chi connectivity index (χ1v) is 13.0. The first-order valence-electron chi connectivity index (χ1n) is 12.1. The Hall–Kier alpha value is -2.93. The van der Waals surface area contributed by atoms with Gasteiger partial charge in [-0.25, -0.2) is 14.8 Å². The van der Waals surface area contributed by atoms with Gasteiger partial charge in [0.25, 0.3) is 0 Å². The van der Waals surface area contributed by atoms with Gasteiger partial charge in [-0.3, -0.25) is 4.79 Å². The molecule has 0 unspecified atom stereocenters. The SMILES string of the molecule is CN(C(=O)OC(C)(C)C)C1CCC(Oc2ncnc3sc4c(c23)[C@@H](C[C@@H](C#N)C(N)=O)CC4)CC1. The Kier molecular flexibility index (Phi) is 7.17. The lowest BCUT2D eigenvalue weighted by atomic mass is 9.90. The van der Waals surface area contributed by atoms with Gasteiger partial charge >= 0.3 is 6.09 Å². The molecule has 2 aliphatic rings. The number of carbonyl (C=O) groups excluding carboxylic acids is 2. The molecule has 0 aromatic carbocycles. The molecule has 2 aromatic rings. The first kappa shape index (κ1) is 25.2. The molecule has 1 saturated carbocycles. The van der Waals surface area contributed by atoms with E-state index in [-0.39, 0.29) is 24.2 Å². The smallest absolute Gasteiger partial charge is 0.410 e. The molecule has 0 aliphatic heterocycles. The van der Waals surface area contributed by atoms with E-state index in [2.05, 4.69) is 9.97 Å². The normalized spacial score (nSPS) is 22.8. The zero-order chi connectivity index (χ0) is 25.3. The number of fused-ring (bicyclic) bond motifs is 3. The second-order valence-corrected chi connectivity index (χ2v) is 11.6. The van der Waals surface area contributed by atoms with Crippen LogP contribution in [0.3, 0.4) is 0 Å². The minimum absolute atomic E-state index is 0.00994. The molecule has 35 heavy (non-hydrogen) atoms. The summed E-state index contributed by atoms with van der Waals surface area (Å²) in [4.78, 5) is 36.8. The summed E-state index contributed by atoms with van der Waals surface area (Å²) in [5.74, 6) is -0.771. The van der Waals surface area contributed by atoms with Gasteiger partial charge in [-0.2, -0.15) is 5.26 Å². The van der Waals surface area contributed by atoms with E-state index in [9.17, 15) is 14.9 Å². The maximum absolute atomic E-state index is 12.4. The third-order valence-corrected chi connectivity index (χ3v) is 8.04. The van der Waals surface area contributed by atoms with Crippen LogP contribution in [0.4, 0.5) is 4.79 Å². The van der Waals surface area contributed by atoms with Crippen molar-refractivity contribution in [3.8, 4) is 11.9 Å². The molecular weight excluding hydrogens is 466 g/mol. The van der Waals surface area contributed by atoms with Crippen molar-refractivity contribution in [3.63, 3.8) is 0 Å². The highest BCUT2D eigenvalue weighted by Gasteiger charge is 2.34. The van der Waals surface area contributed by atoms with Crippen LogP contribution in [-0.4, -0.2) is 51.7 Å². The van der Waals surface area contributed by atoms with E-state index in [1.165, 1.54) is 11.2 Å². The predicted octanol–water partition coefficient (Wildman–Crippen LogP) is 4.29. The van der Waals surface area contributed by atoms with Crippen LogP contribution in [0.5, 0.6) is 5.88 Å². The number of primary amides is 1. The molecule has 2 aromatic heterocycles. The Morgan fingerprint density at radius 3 is 2.60 bits per heavy atom. The molecule has 0 bridgehead atoms. The number of hydrogen-bond donors (Lipinski definition) is 1. The van der Waals surface area contributed by atoms with Crippen molar-refractivity contribution in [2.75, 3.05) is 7.05 Å². The lowest BCUT2D eigenvalue weighted by Crippen LogP contribution is -2.43. The maximum atomic E-state index is 12.4. The zero-order valence-corrected chi connectivity index (χ0v) is 21.6. The number of nitriles is 1. The standard InChI is InChI=1S/C25H33N5O4S/c1-25(2,3)34-24(32)30(4)16-6-8-17(9-7-16)33-22-20-19-14(11-15(12-26)21(27)31)5-10-18(19)35-23(20)29-13-28-22/h13-17H,5-11H2,1-4H3,(H2,27,31)/t14-,15+,16?,17?/m1/s1. The van der Waals surface area contributed by atoms with E-state index in [0.29, 0.717) is 12.3 Å². The van der Waals surface area contributed by atoms with E-state index in [0.717, 1.165) is 54.3 Å². The molecular formula is C25H33N5O4S. The van der Waals surface area contributed by atoms with Gasteiger partial charge in [0, 0.05) is 18.0 Å². The number of amides is 2. The third kappa shape index (κ3) is 5.50. The molecule has 9 nitrogen and oxygen atoms in total. The Morgan fingerprint density at radius 2 is 1.97 bits per heavy atom. The highest BCUT2D eigenvalue weighted by Crippen LogP contribution is 2.48. The average molecular weight is 500 g/mol. The van der Waals surface area contributed by atoms with Crippen LogP contribution in [0.1, 0.15) is 75.7 Å². The summed E-state index contributed by atoms with van der Waals surface area (Å²) in [5, 5.41) is 10.3. The maximum Gasteiger partial charge on any atom is 0.410 e. The van der Waals surface area contributed by atoms with E-state index in [4.69, 9.17) is 15.2 Å². The molecule has 2 amide bonds. The van der Waals surface area contributed by atoms with Crippen LogP contribution in [0.25, 0.3) is 10.2 Å². The van der Waals surface area contributed by atoms with Crippen molar-refractivity contribution in [1.29, 1.82) is 5.26 Å². The molecule has 0 spiro atoms. The lowest BCUT2D eigenvalue weighted by molar-refractivity contribution is -0.120. The summed E-state index contributed by atoms with van der Waals surface area (Å²) < 4.78 is 11.9. The highest BCUT2D eigenvalue weighted by atomic mass is 32.1. The number of nitrogens with zero attached hydrogens (tertiary/aromatic N) is 4. The van der Waals surface area contributed by atoms with E-state index >= 15 is 0 Å². The van der Waals surface area contributed by atoms with Crippen molar-refractivity contribution in [2.24, 2.45) is 11.7 Å². The van der Waals surface area contributed by atoms with Crippen molar-refractivity contribution in [2.45, 2.75) is 89.4 Å². The number of rotatable bonds is 6. The van der Waals surface area contributed by atoms with Gasteiger partial charge in [0.2, 0.25) is 11.8 Å². The van der Waals surface area contributed by atoms with Crippen molar-refractivity contribution in [1.82, 2.24) is 14.9 Å². The van der Waals surface area contributed by atoms with Crippen LogP contribution in [0, 0.1) is 17.2 Å². The average Bonchev–Trinajstić information content (AvgIpc) is 3.35. The topological polar surface area (TPSA) is 131 Å². The molecule has 10 heteroatoms. The fourth-order valence-corrected chi connectivity index (χ4v) is 6.30. The van der Waals surface area contributed by atoms with Gasteiger partial charge in [0.05, 0.1) is 11.5 Å². The molecule has 2 N–H and O–H groups in total. The monoisotopic (exact) mass is 499 g/mol. The number of aromatic nitrogens is 2. The molecule has 0 radical (unpaired) electrons. The second-order valence-electron chi connectivity index (χ2n) is 10.5. The van der Waals surface area contributed by atoms with E-state index in [1.54, 1.807) is 23.3 Å². The summed E-state index contributed by atoms with van der Waals surface area (Å²) in [6.45, 7) is 5.60. The zero-order valence-electron chi connectivity index (χ0n) is 20.7. The fraction of sp³-hybridized carbons (Fsp3) is 0.640. The Balaban J connectivity index is 1.46. The van der Waals surface area contributed by atoms with E-state index in [1.807, 2.05) is 26.8 Å². The number of thiophene rings is 1. The van der Waals surface area contributed by atoms with Gasteiger partial charge in [0.1, 0.15) is 28.8 Å². The van der Waals surface area contributed by atoms with Gasteiger partial charge in [-0.1, -0.05) is 0 Å². The molecule has 2 aliphatic carbocycles. The van der Waals surface area contributed by atoms with Crippen molar-refractivity contribution < 1.29 is 19.1 Å². The van der Waals surface area contributed by atoms with E-state index < -0.39 is 17.4 Å². The second kappa shape index (κ2) is 9.97. The van der Waals surface area contributed by atoms with Crippen LogP contribution in [0.15, 0.2) is 6.33 Å². The first-order chi connectivity index (χ1) is 16.6. The summed E-state index contributed by atoms with van der Waals surface area (Å²) in [7, 11) is 1.79. The minimum Gasteiger partial charge on any atom is -0.474 e. The highest BCUT2D eigenvalue weighted by molar-refractivity contribution is 7.19. The lowest BCUT2D eigenvalue weighted by Gasteiger charge is -2.35. The van der Waals surface area contributed by atoms with Crippen molar-refractivity contribution in [3.05, 3.63) is 16.8 Å². The van der Waals surface area contributed by atoms with Gasteiger partial charge in [-0.05, 0) is 77.2 Å². The number of aryl methyl sites for hydroxylation is 1. The molecule has 0 saturated heterocycles.